The lowest BCUT2D eigenvalue weighted by Gasteiger charge is -2.15. The van der Waals surface area contributed by atoms with Gasteiger partial charge in [-0.05, 0) is 61.7 Å². The molecule has 6 rings (SSSR count). The minimum Gasteiger partial charge on any atom is -0.457 e. The Hall–Kier alpha value is -4.90. The van der Waals surface area contributed by atoms with Crippen LogP contribution in [0.15, 0.2) is 110 Å². The normalized spacial score (nSPS) is 11.1. The topological polar surface area (TPSA) is 44.9 Å². The van der Waals surface area contributed by atoms with Gasteiger partial charge in [0, 0.05) is 42.2 Å². The summed E-state index contributed by atoms with van der Waals surface area (Å²) in [6.07, 6.45) is 5.72. The summed E-state index contributed by atoms with van der Waals surface area (Å²) in [6.45, 7) is 6.49. The van der Waals surface area contributed by atoms with Crippen LogP contribution in [-0.4, -0.2) is 19.3 Å². The van der Waals surface area contributed by atoms with Gasteiger partial charge in [0.1, 0.15) is 17.3 Å². The predicted octanol–water partition coefficient (Wildman–Crippen LogP) is 8.32. The molecule has 0 N–H and O–H groups in total. The van der Waals surface area contributed by atoms with Crippen molar-refractivity contribution in [2.24, 2.45) is 7.05 Å². The van der Waals surface area contributed by atoms with Crippen molar-refractivity contribution in [3.8, 4) is 51.0 Å². The lowest BCUT2D eigenvalue weighted by molar-refractivity contribution is 0.482. The van der Waals surface area contributed by atoms with Crippen molar-refractivity contribution in [2.45, 2.75) is 20.8 Å². The van der Waals surface area contributed by atoms with Gasteiger partial charge in [-0.1, -0.05) is 66.2 Å². The van der Waals surface area contributed by atoms with Gasteiger partial charge in [-0.15, -0.1) is 0 Å². The van der Waals surface area contributed by atoms with E-state index in [-0.39, 0.29) is 0 Å². The number of rotatable bonds is 6. The molecule has 192 valence electrons. The molecule has 0 radical (unpaired) electrons. The first-order valence-electron chi connectivity index (χ1n) is 13.1. The van der Waals surface area contributed by atoms with Crippen molar-refractivity contribution in [3.63, 3.8) is 0 Å². The average Bonchev–Trinajstić information content (AvgIpc) is 3.55. The minimum absolute atomic E-state index is 0.739. The van der Waals surface area contributed by atoms with Gasteiger partial charge in [0.05, 0.1) is 17.6 Å². The van der Waals surface area contributed by atoms with Gasteiger partial charge in [-0.2, -0.15) is 5.10 Å². The second-order valence-electron chi connectivity index (χ2n) is 9.95. The molecule has 2 heterocycles. The standard InChI is InChI=1S/C34H30N4O/c1-23-18-24(2)32(25(3)19-23)31-22-36-38(33(31)26-10-6-5-7-11-26)28-13-9-15-30(21-28)39-29-14-8-12-27(20-29)34-35-16-17-37(34)4/h5-22H,1-4H3. The number of hydrogen-bond donors (Lipinski definition) is 0. The maximum atomic E-state index is 6.33. The Bertz CT molecular complexity index is 1760. The van der Waals surface area contributed by atoms with E-state index in [0.29, 0.717) is 0 Å². The zero-order valence-electron chi connectivity index (χ0n) is 22.6. The first-order valence-corrected chi connectivity index (χ1v) is 13.1. The zero-order chi connectivity index (χ0) is 26.9. The van der Waals surface area contributed by atoms with Gasteiger partial charge in [-0.25, -0.2) is 9.67 Å². The summed E-state index contributed by atoms with van der Waals surface area (Å²) >= 11 is 0. The lowest BCUT2D eigenvalue weighted by atomic mass is 9.92. The second kappa shape index (κ2) is 10.1. The molecule has 0 saturated carbocycles. The Morgan fingerprint density at radius 3 is 2.13 bits per heavy atom. The molecule has 6 aromatic rings. The Kier molecular flexibility index (Phi) is 6.33. The van der Waals surface area contributed by atoms with Gasteiger partial charge in [-0.3, -0.25) is 0 Å². The average molecular weight is 511 g/mol. The van der Waals surface area contributed by atoms with Crippen LogP contribution < -0.4 is 4.74 Å². The van der Waals surface area contributed by atoms with E-state index in [1.165, 1.54) is 22.3 Å². The molecule has 0 aliphatic carbocycles. The molecule has 0 fully saturated rings. The van der Waals surface area contributed by atoms with E-state index in [4.69, 9.17) is 9.84 Å². The summed E-state index contributed by atoms with van der Waals surface area (Å²) in [5.74, 6) is 2.39. The molecule has 0 bridgehead atoms. The van der Waals surface area contributed by atoms with Crippen LogP contribution in [0.2, 0.25) is 0 Å². The van der Waals surface area contributed by atoms with Crippen LogP contribution in [0.25, 0.3) is 39.5 Å². The molecule has 0 unspecified atom stereocenters. The quantitative estimate of drug-likeness (QED) is 0.226. The first kappa shape index (κ1) is 24.4. The Balaban J connectivity index is 1.42. The van der Waals surface area contributed by atoms with Crippen molar-refractivity contribution >= 4 is 0 Å². The minimum atomic E-state index is 0.739. The summed E-state index contributed by atoms with van der Waals surface area (Å²) in [4.78, 5) is 4.47. The van der Waals surface area contributed by atoms with Gasteiger partial charge in [0.2, 0.25) is 0 Å². The smallest absolute Gasteiger partial charge is 0.139 e. The number of aryl methyl sites for hydroxylation is 4. The van der Waals surface area contributed by atoms with E-state index in [1.54, 1.807) is 6.20 Å². The fourth-order valence-corrected chi connectivity index (χ4v) is 5.36. The third-order valence-corrected chi connectivity index (χ3v) is 6.97. The highest BCUT2D eigenvalue weighted by Gasteiger charge is 2.19. The van der Waals surface area contributed by atoms with Crippen LogP contribution in [0, 0.1) is 20.8 Å². The monoisotopic (exact) mass is 510 g/mol. The summed E-state index contributed by atoms with van der Waals surface area (Å²) < 4.78 is 10.3. The van der Waals surface area contributed by atoms with Gasteiger partial charge >= 0.3 is 0 Å². The van der Waals surface area contributed by atoms with E-state index < -0.39 is 0 Å². The van der Waals surface area contributed by atoms with Crippen LogP contribution in [0.1, 0.15) is 16.7 Å². The van der Waals surface area contributed by atoms with E-state index in [0.717, 1.165) is 45.4 Å². The predicted molar refractivity (Wildman–Crippen MR) is 157 cm³/mol. The molecule has 39 heavy (non-hydrogen) atoms. The zero-order valence-corrected chi connectivity index (χ0v) is 22.6. The highest BCUT2D eigenvalue weighted by Crippen LogP contribution is 2.38. The van der Waals surface area contributed by atoms with E-state index in [9.17, 15) is 0 Å². The second-order valence-corrected chi connectivity index (χ2v) is 9.95. The van der Waals surface area contributed by atoms with Crippen LogP contribution in [0.5, 0.6) is 11.5 Å². The third kappa shape index (κ3) is 4.75. The van der Waals surface area contributed by atoms with Crippen molar-refractivity contribution < 1.29 is 4.74 Å². The molecule has 2 aromatic heterocycles. The van der Waals surface area contributed by atoms with E-state index >= 15 is 0 Å². The number of ether oxygens (including phenoxy) is 1. The molecule has 0 aliphatic rings. The number of benzene rings is 4. The molecule has 0 spiro atoms. The molecule has 0 saturated heterocycles. The van der Waals surface area contributed by atoms with Crippen LogP contribution in [0.4, 0.5) is 0 Å². The number of hydrogen-bond acceptors (Lipinski definition) is 3. The molecule has 5 heteroatoms. The molecule has 0 atom stereocenters. The van der Waals surface area contributed by atoms with E-state index in [2.05, 4.69) is 68.2 Å². The highest BCUT2D eigenvalue weighted by molar-refractivity contribution is 5.85. The maximum absolute atomic E-state index is 6.33. The fraction of sp³-hybridized carbons (Fsp3) is 0.118. The number of nitrogens with zero attached hydrogens (tertiary/aromatic N) is 4. The molecule has 4 aromatic carbocycles. The van der Waals surface area contributed by atoms with Gasteiger partial charge < -0.3 is 9.30 Å². The number of aromatic nitrogens is 4. The lowest BCUT2D eigenvalue weighted by Crippen LogP contribution is -2.00. The molecular formula is C34H30N4O. The fourth-order valence-electron chi connectivity index (χ4n) is 5.36. The molecule has 0 amide bonds. The Morgan fingerprint density at radius 2 is 1.41 bits per heavy atom. The summed E-state index contributed by atoms with van der Waals surface area (Å²) in [5, 5.41) is 4.90. The highest BCUT2D eigenvalue weighted by atomic mass is 16.5. The van der Waals surface area contributed by atoms with Crippen LogP contribution in [0.3, 0.4) is 0 Å². The summed E-state index contributed by atoms with van der Waals surface area (Å²) in [6, 6.07) is 31.0. The van der Waals surface area contributed by atoms with Gasteiger partial charge in [0.25, 0.3) is 0 Å². The molecule has 0 aliphatic heterocycles. The third-order valence-electron chi connectivity index (χ3n) is 6.97. The van der Waals surface area contributed by atoms with Crippen molar-refractivity contribution in [2.75, 3.05) is 0 Å². The van der Waals surface area contributed by atoms with Crippen molar-refractivity contribution in [1.29, 1.82) is 0 Å². The number of imidazole rings is 1. The Labute approximate surface area is 229 Å². The van der Waals surface area contributed by atoms with Crippen LogP contribution >= 0.6 is 0 Å². The van der Waals surface area contributed by atoms with Crippen molar-refractivity contribution in [3.05, 3.63) is 126 Å². The van der Waals surface area contributed by atoms with E-state index in [1.807, 2.05) is 77.2 Å². The first-order chi connectivity index (χ1) is 19.0. The summed E-state index contributed by atoms with van der Waals surface area (Å²) in [5.41, 5.74) is 10.2. The SMILES string of the molecule is Cc1cc(C)c(-c2cnn(-c3cccc(Oc4cccc(-c5nccn5C)c4)c3)c2-c2ccccc2)c(C)c1. The summed E-state index contributed by atoms with van der Waals surface area (Å²) in [7, 11) is 1.99. The molecule has 5 nitrogen and oxygen atoms in total. The maximum Gasteiger partial charge on any atom is 0.139 e. The van der Waals surface area contributed by atoms with Crippen LogP contribution in [-0.2, 0) is 7.05 Å². The van der Waals surface area contributed by atoms with Gasteiger partial charge in [0.15, 0.2) is 0 Å². The molecular weight excluding hydrogens is 480 g/mol. The van der Waals surface area contributed by atoms with Crippen molar-refractivity contribution in [1.82, 2.24) is 19.3 Å². The Morgan fingerprint density at radius 1 is 0.718 bits per heavy atom. The largest absolute Gasteiger partial charge is 0.457 e.